The summed E-state index contributed by atoms with van der Waals surface area (Å²) in [6, 6.07) is 10.5. The Morgan fingerprint density at radius 3 is 2.52 bits per heavy atom. The molecule has 2 aromatic carbocycles. The standard InChI is InChI=1S/C23H22ClNO4/c1-25-10-8-14(9-11-25)21-19(27-2)13-20(28-3)22-17(26)12-18(29-23(21)22)15-6-4-5-7-16(15)24/h4-8,12-13H,9-11H2,1-3H3. The van der Waals surface area contributed by atoms with Gasteiger partial charge in [0.15, 0.2) is 11.0 Å². The lowest BCUT2D eigenvalue weighted by Gasteiger charge is -2.24. The van der Waals surface area contributed by atoms with Crippen LogP contribution in [-0.2, 0) is 0 Å². The van der Waals surface area contributed by atoms with Crippen LogP contribution in [0.1, 0.15) is 12.0 Å². The lowest BCUT2D eigenvalue weighted by atomic mass is 9.95. The molecule has 1 aliphatic rings. The van der Waals surface area contributed by atoms with Gasteiger partial charge in [-0.05, 0) is 31.2 Å². The SMILES string of the molecule is COc1cc(OC)c2c(=O)cc(-c3ccccc3Cl)oc2c1C1=CCN(C)CC1. The molecule has 5 nitrogen and oxygen atoms in total. The van der Waals surface area contributed by atoms with Crippen LogP contribution >= 0.6 is 11.6 Å². The summed E-state index contributed by atoms with van der Waals surface area (Å²) < 4.78 is 17.5. The van der Waals surface area contributed by atoms with Gasteiger partial charge in [0.05, 0.1) is 24.8 Å². The highest BCUT2D eigenvalue weighted by Gasteiger charge is 2.24. The number of hydrogen-bond acceptors (Lipinski definition) is 5. The number of likely N-dealkylation sites (N-methyl/N-ethyl adjacent to an activating group) is 1. The summed E-state index contributed by atoms with van der Waals surface area (Å²) in [5.41, 5.74) is 2.82. The van der Waals surface area contributed by atoms with E-state index in [1.807, 2.05) is 18.2 Å². The summed E-state index contributed by atoms with van der Waals surface area (Å²) in [7, 11) is 5.21. The van der Waals surface area contributed by atoms with Crippen molar-refractivity contribution >= 4 is 28.1 Å². The maximum atomic E-state index is 13.1. The van der Waals surface area contributed by atoms with Gasteiger partial charge in [0.25, 0.3) is 0 Å². The van der Waals surface area contributed by atoms with Crippen LogP contribution in [0.4, 0.5) is 0 Å². The zero-order valence-corrected chi connectivity index (χ0v) is 17.4. The van der Waals surface area contributed by atoms with Gasteiger partial charge >= 0.3 is 0 Å². The third-order valence-corrected chi connectivity index (χ3v) is 5.57. The van der Waals surface area contributed by atoms with Crippen molar-refractivity contribution in [2.45, 2.75) is 6.42 Å². The van der Waals surface area contributed by atoms with E-state index in [4.69, 9.17) is 25.5 Å². The monoisotopic (exact) mass is 411 g/mol. The normalized spacial score (nSPS) is 14.7. The van der Waals surface area contributed by atoms with Gasteiger partial charge in [0.1, 0.15) is 22.6 Å². The van der Waals surface area contributed by atoms with E-state index >= 15 is 0 Å². The van der Waals surface area contributed by atoms with Gasteiger partial charge in [0.2, 0.25) is 0 Å². The van der Waals surface area contributed by atoms with Crippen LogP contribution in [0.15, 0.2) is 51.7 Å². The van der Waals surface area contributed by atoms with Crippen molar-refractivity contribution in [1.29, 1.82) is 0 Å². The zero-order valence-electron chi connectivity index (χ0n) is 16.6. The average molecular weight is 412 g/mol. The fraction of sp³-hybridized carbons (Fsp3) is 0.261. The van der Waals surface area contributed by atoms with Crippen LogP contribution in [0.5, 0.6) is 11.5 Å². The number of halogens is 1. The quantitative estimate of drug-likeness (QED) is 0.614. The van der Waals surface area contributed by atoms with Gasteiger partial charge in [-0.3, -0.25) is 4.79 Å². The van der Waals surface area contributed by atoms with Gasteiger partial charge in [-0.1, -0.05) is 29.8 Å². The Labute approximate surface area is 174 Å². The topological polar surface area (TPSA) is 51.9 Å². The van der Waals surface area contributed by atoms with Crippen LogP contribution in [0, 0.1) is 0 Å². The number of fused-ring (bicyclic) bond motifs is 1. The molecule has 4 rings (SSSR count). The molecule has 150 valence electrons. The molecule has 0 amide bonds. The first-order valence-corrected chi connectivity index (χ1v) is 9.77. The fourth-order valence-corrected chi connectivity index (χ4v) is 3.92. The first-order chi connectivity index (χ1) is 14.0. The van der Waals surface area contributed by atoms with Crippen molar-refractivity contribution in [3.8, 4) is 22.8 Å². The number of hydrogen-bond donors (Lipinski definition) is 0. The third kappa shape index (κ3) is 3.52. The van der Waals surface area contributed by atoms with Gasteiger partial charge in [-0.25, -0.2) is 0 Å². The summed E-state index contributed by atoms with van der Waals surface area (Å²) in [6.45, 7) is 1.73. The van der Waals surface area contributed by atoms with Crippen molar-refractivity contribution < 1.29 is 13.9 Å². The first kappa shape index (κ1) is 19.6. The summed E-state index contributed by atoms with van der Waals surface area (Å²) >= 11 is 6.36. The molecule has 0 aliphatic carbocycles. The van der Waals surface area contributed by atoms with E-state index in [-0.39, 0.29) is 5.43 Å². The van der Waals surface area contributed by atoms with Crippen LogP contribution in [-0.4, -0.2) is 39.3 Å². The molecule has 0 saturated carbocycles. The van der Waals surface area contributed by atoms with Gasteiger partial charge < -0.3 is 18.8 Å². The predicted molar refractivity (Wildman–Crippen MR) is 116 cm³/mol. The second kappa shape index (κ2) is 7.93. The third-order valence-electron chi connectivity index (χ3n) is 5.24. The molecule has 0 radical (unpaired) electrons. The van der Waals surface area contributed by atoms with Crippen molar-refractivity contribution in [1.82, 2.24) is 4.90 Å². The van der Waals surface area contributed by atoms with E-state index < -0.39 is 0 Å². The van der Waals surface area contributed by atoms with E-state index in [2.05, 4.69) is 18.0 Å². The van der Waals surface area contributed by atoms with Crippen LogP contribution in [0.2, 0.25) is 5.02 Å². The molecule has 29 heavy (non-hydrogen) atoms. The minimum absolute atomic E-state index is 0.185. The lowest BCUT2D eigenvalue weighted by molar-refractivity contribution is 0.368. The molecule has 6 heteroatoms. The maximum Gasteiger partial charge on any atom is 0.197 e. The highest BCUT2D eigenvalue weighted by Crippen LogP contribution is 2.41. The van der Waals surface area contributed by atoms with Gasteiger partial charge in [-0.2, -0.15) is 0 Å². The first-order valence-electron chi connectivity index (χ1n) is 9.39. The van der Waals surface area contributed by atoms with E-state index in [1.54, 1.807) is 19.2 Å². The number of rotatable bonds is 4. The Hall–Kier alpha value is -2.76. The summed E-state index contributed by atoms with van der Waals surface area (Å²) in [5, 5.41) is 0.920. The van der Waals surface area contributed by atoms with E-state index in [9.17, 15) is 4.79 Å². The second-order valence-corrected chi connectivity index (χ2v) is 7.46. The molecule has 1 aromatic heterocycles. The summed E-state index contributed by atoms with van der Waals surface area (Å²) in [6.07, 6.45) is 2.98. The highest BCUT2D eigenvalue weighted by atomic mass is 35.5. The molecule has 0 fully saturated rings. The Morgan fingerprint density at radius 2 is 1.86 bits per heavy atom. The minimum Gasteiger partial charge on any atom is -0.496 e. The van der Waals surface area contributed by atoms with Crippen molar-refractivity contribution in [2.24, 2.45) is 0 Å². The number of nitrogens with zero attached hydrogens (tertiary/aromatic N) is 1. The minimum atomic E-state index is -0.185. The molecular formula is C23H22ClNO4. The highest BCUT2D eigenvalue weighted by molar-refractivity contribution is 6.33. The Bertz CT molecular complexity index is 1170. The van der Waals surface area contributed by atoms with Crippen LogP contribution in [0.25, 0.3) is 27.9 Å². The number of methoxy groups -OCH3 is 2. The zero-order chi connectivity index (χ0) is 20.5. The molecule has 1 aliphatic heterocycles. The Balaban J connectivity index is 2.07. The fourth-order valence-electron chi connectivity index (χ4n) is 3.70. The molecule has 0 spiro atoms. The van der Waals surface area contributed by atoms with Crippen LogP contribution in [0.3, 0.4) is 0 Å². The van der Waals surface area contributed by atoms with E-state index in [0.29, 0.717) is 38.8 Å². The molecular weight excluding hydrogens is 390 g/mol. The summed E-state index contributed by atoms with van der Waals surface area (Å²) in [5.74, 6) is 1.45. The largest absolute Gasteiger partial charge is 0.496 e. The van der Waals surface area contributed by atoms with E-state index in [1.165, 1.54) is 13.2 Å². The van der Waals surface area contributed by atoms with Crippen molar-refractivity contribution in [3.63, 3.8) is 0 Å². The van der Waals surface area contributed by atoms with Gasteiger partial charge in [-0.15, -0.1) is 0 Å². The lowest BCUT2D eigenvalue weighted by Crippen LogP contribution is -2.24. The molecule has 0 saturated heterocycles. The number of benzene rings is 2. The van der Waals surface area contributed by atoms with Crippen molar-refractivity contribution in [3.05, 3.63) is 63.3 Å². The Kier molecular flexibility index (Phi) is 5.35. The van der Waals surface area contributed by atoms with Gasteiger partial charge in [0, 0.05) is 30.8 Å². The molecule has 2 heterocycles. The molecule has 0 bridgehead atoms. The van der Waals surface area contributed by atoms with Crippen molar-refractivity contribution in [2.75, 3.05) is 34.4 Å². The van der Waals surface area contributed by atoms with Crippen LogP contribution < -0.4 is 14.9 Å². The Morgan fingerprint density at radius 1 is 1.10 bits per heavy atom. The molecule has 0 unspecified atom stereocenters. The average Bonchev–Trinajstić information content (AvgIpc) is 2.73. The second-order valence-electron chi connectivity index (χ2n) is 7.06. The molecule has 0 atom stereocenters. The van der Waals surface area contributed by atoms with E-state index in [0.717, 1.165) is 30.6 Å². The maximum absolute atomic E-state index is 13.1. The predicted octanol–water partition coefficient (Wildman–Crippen LogP) is 4.85. The number of ether oxygens (including phenoxy) is 2. The smallest absolute Gasteiger partial charge is 0.197 e. The molecule has 0 N–H and O–H groups in total. The molecule has 3 aromatic rings. The summed E-state index contributed by atoms with van der Waals surface area (Å²) in [4.78, 5) is 15.3.